The molecule has 78 valence electrons. The van der Waals surface area contributed by atoms with Gasteiger partial charge in [-0.2, -0.15) is 0 Å². The number of rotatable bonds is 5. The van der Waals surface area contributed by atoms with Gasteiger partial charge >= 0.3 is 5.97 Å². The minimum Gasteiger partial charge on any atom is -0.481 e. The third-order valence-corrected chi connectivity index (χ3v) is 3.72. The number of hydrogen-bond donors (Lipinski definition) is 1. The van der Waals surface area contributed by atoms with Gasteiger partial charge in [0.1, 0.15) is 0 Å². The molecule has 1 N–H and O–H groups in total. The maximum atomic E-state index is 10.4. The van der Waals surface area contributed by atoms with Crippen molar-refractivity contribution in [3.05, 3.63) is 20.8 Å². The van der Waals surface area contributed by atoms with Gasteiger partial charge in [0, 0.05) is 11.3 Å². The molecule has 0 bridgehead atoms. The van der Waals surface area contributed by atoms with Gasteiger partial charge in [-0.25, -0.2) is 0 Å². The van der Waals surface area contributed by atoms with Crippen LogP contribution in [0.1, 0.15) is 24.6 Å². The first-order valence-corrected chi connectivity index (χ1v) is 6.15. The van der Waals surface area contributed by atoms with Gasteiger partial charge in [-0.3, -0.25) is 4.79 Å². The van der Waals surface area contributed by atoms with Crippen molar-refractivity contribution in [2.24, 2.45) is 5.92 Å². The molecule has 1 aromatic rings. The topological polar surface area (TPSA) is 37.3 Å². The van der Waals surface area contributed by atoms with Gasteiger partial charge in [0.05, 0.1) is 3.79 Å². The van der Waals surface area contributed by atoms with Gasteiger partial charge in [0.15, 0.2) is 0 Å². The van der Waals surface area contributed by atoms with Crippen LogP contribution in [0.25, 0.3) is 0 Å². The highest BCUT2D eigenvalue weighted by molar-refractivity contribution is 9.11. The maximum absolute atomic E-state index is 10.4. The van der Waals surface area contributed by atoms with Crippen molar-refractivity contribution >= 4 is 33.2 Å². The van der Waals surface area contributed by atoms with Gasteiger partial charge in [0.2, 0.25) is 0 Å². The van der Waals surface area contributed by atoms with Crippen molar-refractivity contribution in [2.75, 3.05) is 0 Å². The predicted octanol–water partition coefficient (Wildman–Crippen LogP) is 3.55. The lowest BCUT2D eigenvalue weighted by Gasteiger charge is -2.06. The van der Waals surface area contributed by atoms with E-state index in [0.717, 1.165) is 16.6 Å². The first kappa shape index (κ1) is 11.7. The lowest BCUT2D eigenvalue weighted by Crippen LogP contribution is -2.04. The Morgan fingerprint density at radius 3 is 2.86 bits per heavy atom. The Kier molecular flexibility index (Phi) is 4.62. The molecule has 0 saturated carbocycles. The van der Waals surface area contributed by atoms with Gasteiger partial charge in [-0.1, -0.05) is 6.92 Å². The smallest absolute Gasteiger partial charge is 0.303 e. The molecule has 1 unspecified atom stereocenters. The summed E-state index contributed by atoms with van der Waals surface area (Å²) in [5.74, 6) is -0.446. The normalized spacial score (nSPS) is 12.7. The van der Waals surface area contributed by atoms with E-state index >= 15 is 0 Å². The number of carboxylic acids is 1. The number of hydrogen-bond acceptors (Lipinski definition) is 2. The van der Waals surface area contributed by atoms with E-state index in [2.05, 4.69) is 22.0 Å². The third kappa shape index (κ3) is 4.24. The van der Waals surface area contributed by atoms with Crippen LogP contribution in [0.4, 0.5) is 0 Å². The fourth-order valence-electron chi connectivity index (χ4n) is 1.27. The Hall–Kier alpha value is -0.350. The summed E-state index contributed by atoms with van der Waals surface area (Å²) in [5.41, 5.74) is 0. The quantitative estimate of drug-likeness (QED) is 0.893. The highest BCUT2D eigenvalue weighted by atomic mass is 79.9. The van der Waals surface area contributed by atoms with Crippen LogP contribution in [0.5, 0.6) is 0 Å². The Morgan fingerprint density at radius 2 is 2.36 bits per heavy atom. The Balaban J connectivity index is 2.30. The zero-order chi connectivity index (χ0) is 10.6. The van der Waals surface area contributed by atoms with E-state index in [4.69, 9.17) is 5.11 Å². The lowest BCUT2D eigenvalue weighted by molar-refractivity contribution is -0.138. The van der Waals surface area contributed by atoms with E-state index in [1.54, 1.807) is 11.3 Å². The number of aryl methyl sites for hydroxylation is 1. The molecule has 14 heavy (non-hydrogen) atoms. The fraction of sp³-hybridized carbons (Fsp3) is 0.500. The fourth-order valence-corrected chi connectivity index (χ4v) is 2.77. The molecule has 1 rings (SSSR count). The molecule has 0 aliphatic heterocycles. The molecule has 4 heteroatoms. The minimum atomic E-state index is -0.704. The summed E-state index contributed by atoms with van der Waals surface area (Å²) in [7, 11) is 0. The molecule has 0 aliphatic rings. The standard InChI is InChI=1S/C10H13BrO2S/c1-7(6-10(12)13)2-3-8-4-5-9(11)14-8/h4-5,7H,2-3,6H2,1H3,(H,12,13). The summed E-state index contributed by atoms with van der Waals surface area (Å²) in [6.07, 6.45) is 2.19. The Labute approximate surface area is 96.1 Å². The molecule has 0 radical (unpaired) electrons. The second-order valence-corrected chi connectivity index (χ2v) is 6.00. The molecule has 1 atom stereocenters. The van der Waals surface area contributed by atoms with Crippen molar-refractivity contribution in [1.29, 1.82) is 0 Å². The van der Waals surface area contributed by atoms with Crippen LogP contribution in [0, 0.1) is 5.92 Å². The highest BCUT2D eigenvalue weighted by Gasteiger charge is 2.08. The average molecular weight is 277 g/mol. The molecule has 0 aromatic carbocycles. The zero-order valence-electron chi connectivity index (χ0n) is 8.00. The molecule has 2 nitrogen and oxygen atoms in total. The van der Waals surface area contributed by atoms with Crippen LogP contribution in [-0.4, -0.2) is 11.1 Å². The summed E-state index contributed by atoms with van der Waals surface area (Å²) in [4.78, 5) is 11.7. The van der Waals surface area contributed by atoms with Crippen molar-refractivity contribution in [3.8, 4) is 0 Å². The summed E-state index contributed by atoms with van der Waals surface area (Å²) in [6.45, 7) is 1.98. The van der Waals surface area contributed by atoms with E-state index < -0.39 is 5.97 Å². The van der Waals surface area contributed by atoms with Crippen LogP contribution in [0.15, 0.2) is 15.9 Å². The monoisotopic (exact) mass is 276 g/mol. The largest absolute Gasteiger partial charge is 0.481 e. The van der Waals surface area contributed by atoms with E-state index in [9.17, 15) is 4.79 Å². The number of carboxylic acid groups (broad SMARTS) is 1. The minimum absolute atomic E-state index is 0.258. The summed E-state index contributed by atoms with van der Waals surface area (Å²) in [6, 6.07) is 4.12. The van der Waals surface area contributed by atoms with Crippen LogP contribution in [-0.2, 0) is 11.2 Å². The molecule has 1 aromatic heterocycles. The van der Waals surface area contributed by atoms with Crippen LogP contribution < -0.4 is 0 Å². The number of thiophene rings is 1. The second kappa shape index (κ2) is 5.51. The van der Waals surface area contributed by atoms with Gasteiger partial charge < -0.3 is 5.11 Å². The maximum Gasteiger partial charge on any atom is 0.303 e. The van der Waals surface area contributed by atoms with Crippen molar-refractivity contribution in [3.63, 3.8) is 0 Å². The molecule has 0 aliphatic carbocycles. The molecular formula is C10H13BrO2S. The molecule has 0 spiro atoms. The first-order chi connectivity index (χ1) is 6.58. The molecular weight excluding hydrogens is 264 g/mol. The Bertz CT molecular complexity index is 309. The summed E-state index contributed by atoms with van der Waals surface area (Å²) >= 11 is 5.12. The molecule has 0 fully saturated rings. The summed E-state index contributed by atoms with van der Waals surface area (Å²) < 4.78 is 1.14. The number of carbonyl (C=O) groups is 1. The molecule has 1 heterocycles. The first-order valence-electron chi connectivity index (χ1n) is 4.54. The SMILES string of the molecule is CC(CCc1ccc(Br)s1)CC(=O)O. The van der Waals surface area contributed by atoms with E-state index in [1.807, 2.05) is 13.0 Å². The predicted molar refractivity (Wildman–Crippen MR) is 61.8 cm³/mol. The van der Waals surface area contributed by atoms with Gasteiger partial charge in [-0.05, 0) is 46.8 Å². The molecule has 0 amide bonds. The third-order valence-electron chi connectivity index (χ3n) is 2.04. The molecule has 0 saturated heterocycles. The summed E-state index contributed by atoms with van der Waals surface area (Å²) in [5, 5.41) is 8.58. The number of halogens is 1. The van der Waals surface area contributed by atoms with Gasteiger partial charge in [0.25, 0.3) is 0 Å². The van der Waals surface area contributed by atoms with Crippen molar-refractivity contribution in [2.45, 2.75) is 26.2 Å². The second-order valence-electron chi connectivity index (χ2n) is 3.45. The Morgan fingerprint density at radius 1 is 1.64 bits per heavy atom. The van der Waals surface area contributed by atoms with Crippen LogP contribution in [0.3, 0.4) is 0 Å². The average Bonchev–Trinajstić information content (AvgIpc) is 2.47. The van der Waals surface area contributed by atoms with Crippen LogP contribution in [0.2, 0.25) is 0 Å². The lowest BCUT2D eigenvalue weighted by atomic mass is 10.0. The van der Waals surface area contributed by atoms with E-state index in [1.165, 1.54) is 4.88 Å². The van der Waals surface area contributed by atoms with Gasteiger partial charge in [-0.15, -0.1) is 11.3 Å². The van der Waals surface area contributed by atoms with E-state index in [-0.39, 0.29) is 12.3 Å². The van der Waals surface area contributed by atoms with E-state index in [0.29, 0.717) is 0 Å². The van der Waals surface area contributed by atoms with Crippen molar-refractivity contribution in [1.82, 2.24) is 0 Å². The van der Waals surface area contributed by atoms with Crippen LogP contribution >= 0.6 is 27.3 Å². The zero-order valence-corrected chi connectivity index (χ0v) is 10.4. The highest BCUT2D eigenvalue weighted by Crippen LogP contribution is 2.24. The van der Waals surface area contributed by atoms with Crippen molar-refractivity contribution < 1.29 is 9.90 Å². The number of aliphatic carboxylic acids is 1.